The summed E-state index contributed by atoms with van der Waals surface area (Å²) >= 11 is 0. The van der Waals surface area contributed by atoms with Crippen LogP contribution in [0, 0.1) is 12.7 Å². The first-order valence-corrected chi connectivity index (χ1v) is 17.9. The third-order valence-corrected chi connectivity index (χ3v) is 10.9. The molecule has 0 spiro atoms. The van der Waals surface area contributed by atoms with Gasteiger partial charge in [-0.15, -0.1) is 0 Å². The number of aromatic nitrogens is 2. The number of piperidine rings is 2. The van der Waals surface area contributed by atoms with Crippen LogP contribution in [0.25, 0.3) is 0 Å². The van der Waals surface area contributed by atoms with Crippen LogP contribution in [0.1, 0.15) is 36.9 Å². The molecule has 2 saturated heterocycles. The zero-order valence-corrected chi connectivity index (χ0v) is 28.5. The summed E-state index contributed by atoms with van der Waals surface area (Å²) in [6.45, 7) is 4.91. The molecule has 2 aromatic heterocycles. The first-order chi connectivity index (χ1) is 23.7. The Morgan fingerprint density at radius 2 is 1.69 bits per heavy atom. The lowest BCUT2D eigenvalue weighted by molar-refractivity contribution is 0.0604. The molecule has 2 aromatic carbocycles. The maximum Gasteiger partial charge on any atom is 0.326 e. The Morgan fingerprint density at radius 1 is 0.939 bits per heavy atom. The lowest BCUT2D eigenvalue weighted by Crippen LogP contribution is -2.49. The monoisotopic (exact) mass is 688 g/mol. The number of anilines is 2. The van der Waals surface area contributed by atoms with E-state index in [1.54, 1.807) is 72.9 Å². The largest absolute Gasteiger partial charge is 0.439 e. The summed E-state index contributed by atoms with van der Waals surface area (Å²) in [6, 6.07) is 19.5. The number of pyridine rings is 2. The number of hydrogen-bond acceptors (Lipinski definition) is 8. The SMILES string of the molecule is COC1CCN(S(=O)(=O)c2ccc(Oc3ccc(CN4CCC(N(C(=O)Nc5ccc(C)nc5)c5cccc(F)c5)CC4)cn3)cc2)CC1. The van der Waals surface area contributed by atoms with Crippen molar-refractivity contribution in [1.82, 2.24) is 19.2 Å². The first kappa shape index (κ1) is 34.4. The number of carbonyl (C=O) groups is 1. The van der Waals surface area contributed by atoms with E-state index in [9.17, 15) is 17.6 Å². The number of nitrogens with one attached hydrogen (secondary N) is 1. The van der Waals surface area contributed by atoms with Gasteiger partial charge in [0.25, 0.3) is 0 Å². The Hall–Kier alpha value is -4.43. The molecule has 0 unspecified atom stereocenters. The molecule has 49 heavy (non-hydrogen) atoms. The van der Waals surface area contributed by atoms with Crippen LogP contribution in [0.2, 0.25) is 0 Å². The van der Waals surface area contributed by atoms with Crippen molar-refractivity contribution in [3.8, 4) is 11.6 Å². The number of likely N-dealkylation sites (tertiary alicyclic amines) is 1. The highest BCUT2D eigenvalue weighted by Crippen LogP contribution is 2.28. The molecule has 1 N–H and O–H groups in total. The molecule has 13 heteroatoms. The van der Waals surface area contributed by atoms with Crippen LogP contribution in [0.15, 0.2) is 90.1 Å². The minimum atomic E-state index is -3.58. The van der Waals surface area contributed by atoms with Crippen LogP contribution in [0.5, 0.6) is 11.6 Å². The minimum Gasteiger partial charge on any atom is -0.439 e. The van der Waals surface area contributed by atoms with Crippen molar-refractivity contribution >= 4 is 27.4 Å². The number of sulfonamides is 1. The van der Waals surface area contributed by atoms with Crippen molar-refractivity contribution in [2.75, 3.05) is 43.5 Å². The maximum atomic E-state index is 14.2. The number of aryl methyl sites for hydroxylation is 1. The number of hydrogen-bond donors (Lipinski definition) is 1. The summed E-state index contributed by atoms with van der Waals surface area (Å²) in [5.74, 6) is 0.494. The molecule has 0 radical (unpaired) electrons. The van der Waals surface area contributed by atoms with E-state index < -0.39 is 15.8 Å². The molecule has 6 rings (SSSR count). The molecule has 4 aromatic rings. The quantitative estimate of drug-likeness (QED) is 0.209. The van der Waals surface area contributed by atoms with Crippen LogP contribution in [-0.2, 0) is 21.3 Å². The van der Waals surface area contributed by atoms with Gasteiger partial charge in [-0.1, -0.05) is 12.1 Å². The highest BCUT2D eigenvalue weighted by molar-refractivity contribution is 7.89. The van der Waals surface area contributed by atoms with E-state index in [1.165, 1.54) is 16.4 Å². The highest BCUT2D eigenvalue weighted by Gasteiger charge is 2.31. The molecular formula is C36H41FN6O5S. The van der Waals surface area contributed by atoms with Gasteiger partial charge in [0.1, 0.15) is 11.6 Å². The summed E-state index contributed by atoms with van der Waals surface area (Å²) in [6.07, 6.45) is 6.26. The van der Waals surface area contributed by atoms with E-state index >= 15 is 0 Å². The average molecular weight is 689 g/mol. The molecule has 0 bridgehead atoms. The van der Waals surface area contributed by atoms with Crippen LogP contribution < -0.4 is 15.0 Å². The number of benzene rings is 2. The molecule has 258 valence electrons. The van der Waals surface area contributed by atoms with Gasteiger partial charge in [0.05, 0.1) is 22.9 Å². The Morgan fingerprint density at radius 3 is 2.33 bits per heavy atom. The van der Waals surface area contributed by atoms with Crippen molar-refractivity contribution in [2.24, 2.45) is 0 Å². The number of urea groups is 1. The fourth-order valence-corrected chi connectivity index (χ4v) is 7.73. The van der Waals surface area contributed by atoms with Crippen molar-refractivity contribution < 1.29 is 27.1 Å². The Labute approximate surface area is 286 Å². The van der Waals surface area contributed by atoms with E-state index in [4.69, 9.17) is 9.47 Å². The zero-order chi connectivity index (χ0) is 34.4. The standard InChI is InChI=1S/C36H41FN6O5S/c1-26-6-8-29(24-38-26)40-36(44)43(31-5-3-4-28(37)22-31)30-14-18-41(19-15-30)25-27-7-13-35(39-23-27)48-33-9-11-34(12-10-33)49(45,46)42-20-16-32(47-2)17-21-42/h3-13,22-24,30,32H,14-21,25H2,1-2H3,(H,40,44). The lowest BCUT2D eigenvalue weighted by Gasteiger charge is -2.38. The van der Waals surface area contributed by atoms with Crippen LogP contribution in [0.4, 0.5) is 20.6 Å². The molecule has 11 nitrogen and oxygen atoms in total. The second kappa shape index (κ2) is 15.4. The van der Waals surface area contributed by atoms with Gasteiger partial charge in [0.15, 0.2) is 0 Å². The molecule has 2 aliphatic rings. The summed E-state index contributed by atoms with van der Waals surface area (Å²) in [7, 11) is -1.93. The molecule has 2 aliphatic heterocycles. The van der Waals surface area contributed by atoms with Crippen LogP contribution in [0.3, 0.4) is 0 Å². The summed E-state index contributed by atoms with van der Waals surface area (Å²) in [5.41, 5.74) is 2.94. The van der Waals surface area contributed by atoms with E-state index in [1.807, 2.05) is 19.1 Å². The number of methoxy groups -OCH3 is 1. The molecule has 0 saturated carbocycles. The fraction of sp³-hybridized carbons (Fsp3) is 0.361. The summed E-state index contributed by atoms with van der Waals surface area (Å²) in [4.78, 5) is 26.4. The van der Waals surface area contributed by atoms with Gasteiger partial charge in [-0.05, 0) is 92.8 Å². The number of nitrogens with zero attached hydrogens (tertiary/aromatic N) is 5. The second-order valence-corrected chi connectivity index (χ2v) is 14.3. The lowest BCUT2D eigenvalue weighted by atomic mass is 10.0. The number of halogens is 1. The van der Waals surface area contributed by atoms with Crippen LogP contribution >= 0.6 is 0 Å². The van der Waals surface area contributed by atoms with E-state index in [-0.39, 0.29) is 23.1 Å². The van der Waals surface area contributed by atoms with Gasteiger partial charge in [0, 0.05) is 69.5 Å². The van der Waals surface area contributed by atoms with Crippen molar-refractivity contribution in [3.63, 3.8) is 0 Å². The van der Waals surface area contributed by atoms with E-state index in [0.717, 1.165) is 24.3 Å². The highest BCUT2D eigenvalue weighted by atomic mass is 32.2. The summed E-state index contributed by atoms with van der Waals surface area (Å²) in [5, 5.41) is 2.92. The predicted octanol–water partition coefficient (Wildman–Crippen LogP) is 6.22. The van der Waals surface area contributed by atoms with Gasteiger partial charge in [0.2, 0.25) is 15.9 Å². The Bertz CT molecular complexity index is 1810. The van der Waals surface area contributed by atoms with Gasteiger partial charge < -0.3 is 14.8 Å². The van der Waals surface area contributed by atoms with Crippen molar-refractivity contribution in [2.45, 2.75) is 56.2 Å². The third-order valence-electron chi connectivity index (χ3n) is 9.01. The normalized spacial score (nSPS) is 16.7. The zero-order valence-electron chi connectivity index (χ0n) is 27.7. The van der Waals surface area contributed by atoms with Crippen molar-refractivity contribution in [1.29, 1.82) is 0 Å². The maximum absolute atomic E-state index is 14.2. The van der Waals surface area contributed by atoms with Gasteiger partial charge in [-0.25, -0.2) is 22.6 Å². The number of carbonyl (C=O) groups excluding carboxylic acids is 1. The second-order valence-electron chi connectivity index (χ2n) is 12.4. The molecule has 4 heterocycles. The number of ether oxygens (including phenoxy) is 2. The molecule has 2 fully saturated rings. The molecule has 0 atom stereocenters. The van der Waals surface area contributed by atoms with Gasteiger partial charge in [-0.2, -0.15) is 4.31 Å². The van der Waals surface area contributed by atoms with Crippen LogP contribution in [-0.4, -0.2) is 79.1 Å². The Balaban J connectivity index is 1.03. The number of amides is 2. The van der Waals surface area contributed by atoms with E-state index in [0.29, 0.717) is 68.3 Å². The molecule has 0 aliphatic carbocycles. The topological polar surface area (TPSA) is 117 Å². The van der Waals surface area contributed by atoms with E-state index in [2.05, 4.69) is 20.2 Å². The predicted molar refractivity (Wildman–Crippen MR) is 185 cm³/mol. The Kier molecular flexibility index (Phi) is 10.8. The van der Waals surface area contributed by atoms with Gasteiger partial charge >= 0.3 is 6.03 Å². The molecule has 2 amide bonds. The molecular weight excluding hydrogens is 647 g/mol. The minimum absolute atomic E-state index is 0.0975. The fourth-order valence-electron chi connectivity index (χ4n) is 6.26. The third kappa shape index (κ3) is 8.60. The van der Waals surface area contributed by atoms with Crippen molar-refractivity contribution in [3.05, 3.63) is 102 Å². The first-order valence-electron chi connectivity index (χ1n) is 16.4. The van der Waals surface area contributed by atoms with Gasteiger partial charge in [-0.3, -0.25) is 14.8 Å². The number of rotatable bonds is 10. The average Bonchev–Trinajstić information content (AvgIpc) is 3.11. The smallest absolute Gasteiger partial charge is 0.326 e. The summed E-state index contributed by atoms with van der Waals surface area (Å²) < 4.78 is 53.1.